The van der Waals surface area contributed by atoms with E-state index < -0.39 is 11.7 Å². The number of rotatable bonds is 11. The second-order valence-electron chi connectivity index (χ2n) is 6.35. The fraction of sp³-hybridized carbons (Fsp3) is 0.526. The van der Waals surface area contributed by atoms with Gasteiger partial charge in [0.05, 0.1) is 31.9 Å². The molecule has 12 heteroatoms. The Bertz CT molecular complexity index is 801. The molecule has 0 atom stereocenters. The maximum atomic E-state index is 12.9. The number of guanidine groups is 1. The van der Waals surface area contributed by atoms with E-state index in [4.69, 9.17) is 9.84 Å². The molecule has 0 aliphatic carbocycles. The van der Waals surface area contributed by atoms with Crippen molar-refractivity contribution in [2.24, 2.45) is 4.99 Å². The molecule has 2 aromatic rings. The molecule has 0 aliphatic rings. The van der Waals surface area contributed by atoms with Gasteiger partial charge in [0.2, 0.25) is 0 Å². The Morgan fingerprint density at radius 2 is 2.00 bits per heavy atom. The molecule has 0 aliphatic heterocycles. The fourth-order valence-electron chi connectivity index (χ4n) is 2.63. The summed E-state index contributed by atoms with van der Waals surface area (Å²) in [6.07, 6.45) is -1.98. The average molecular weight is 556 g/mol. The van der Waals surface area contributed by atoms with Gasteiger partial charge in [0, 0.05) is 26.1 Å². The molecule has 0 amide bonds. The van der Waals surface area contributed by atoms with E-state index in [0.29, 0.717) is 37.8 Å². The molecular formula is C19H28F3IN6O2. The lowest BCUT2D eigenvalue weighted by atomic mass is 10.1. The lowest BCUT2D eigenvalue weighted by molar-refractivity contribution is -0.137. The number of aryl methyl sites for hydroxylation is 1. The monoisotopic (exact) mass is 556 g/mol. The molecule has 31 heavy (non-hydrogen) atoms. The Kier molecular flexibility index (Phi) is 12.4. The summed E-state index contributed by atoms with van der Waals surface area (Å²) in [6.45, 7) is 4.18. The number of aliphatic hydroxyl groups is 1. The van der Waals surface area contributed by atoms with Crippen molar-refractivity contribution in [3.8, 4) is 0 Å². The van der Waals surface area contributed by atoms with Crippen LogP contribution in [0.4, 0.5) is 13.2 Å². The molecule has 8 nitrogen and oxygen atoms in total. The van der Waals surface area contributed by atoms with Crippen LogP contribution in [0, 0.1) is 0 Å². The number of alkyl halides is 3. The minimum absolute atomic E-state index is 0. The Hall–Kier alpha value is -1.93. The predicted molar refractivity (Wildman–Crippen MR) is 121 cm³/mol. The van der Waals surface area contributed by atoms with Gasteiger partial charge in [0.15, 0.2) is 5.96 Å². The average Bonchev–Trinajstić information content (AvgIpc) is 3.18. The van der Waals surface area contributed by atoms with Crippen molar-refractivity contribution in [3.05, 3.63) is 47.5 Å². The van der Waals surface area contributed by atoms with Crippen molar-refractivity contribution in [1.82, 2.24) is 25.4 Å². The molecule has 1 aromatic carbocycles. The molecular weight excluding hydrogens is 528 g/mol. The van der Waals surface area contributed by atoms with Crippen LogP contribution in [0.15, 0.2) is 35.6 Å². The second kappa shape index (κ2) is 14.2. The zero-order valence-corrected chi connectivity index (χ0v) is 19.6. The maximum absolute atomic E-state index is 12.9. The Morgan fingerprint density at radius 1 is 1.23 bits per heavy atom. The maximum Gasteiger partial charge on any atom is 0.416 e. The summed E-state index contributed by atoms with van der Waals surface area (Å²) in [7, 11) is 0. The highest BCUT2D eigenvalue weighted by molar-refractivity contribution is 14.0. The van der Waals surface area contributed by atoms with Crippen molar-refractivity contribution < 1.29 is 23.0 Å². The van der Waals surface area contributed by atoms with Gasteiger partial charge in [0.25, 0.3) is 0 Å². The lowest BCUT2D eigenvalue weighted by Gasteiger charge is -2.14. The third-order valence-corrected chi connectivity index (χ3v) is 4.11. The first-order valence-electron chi connectivity index (χ1n) is 9.67. The van der Waals surface area contributed by atoms with Crippen molar-refractivity contribution in [1.29, 1.82) is 0 Å². The minimum atomic E-state index is -4.39. The highest BCUT2D eigenvalue weighted by Gasteiger charge is 2.30. The number of halogens is 4. The molecule has 174 valence electrons. The third kappa shape index (κ3) is 9.82. The number of nitrogens with zero attached hydrogens (tertiary/aromatic N) is 4. The van der Waals surface area contributed by atoms with Gasteiger partial charge in [0.1, 0.15) is 12.2 Å². The SMILES string of the molecule is CCc1nncn1CCNC(=NCc1cccc(C(F)(F)F)c1)NCCOCCO.I. The largest absolute Gasteiger partial charge is 0.416 e. The van der Waals surface area contributed by atoms with Gasteiger partial charge in [-0.05, 0) is 17.7 Å². The predicted octanol–water partition coefficient (Wildman–Crippen LogP) is 2.22. The highest BCUT2D eigenvalue weighted by Crippen LogP contribution is 2.29. The number of ether oxygens (including phenoxy) is 1. The first-order valence-corrected chi connectivity index (χ1v) is 9.67. The van der Waals surface area contributed by atoms with Crippen molar-refractivity contribution in [2.75, 3.05) is 32.9 Å². The fourth-order valence-corrected chi connectivity index (χ4v) is 2.63. The third-order valence-electron chi connectivity index (χ3n) is 4.11. The molecule has 0 fully saturated rings. The van der Waals surface area contributed by atoms with E-state index in [0.717, 1.165) is 24.4 Å². The summed E-state index contributed by atoms with van der Waals surface area (Å²) in [4.78, 5) is 4.38. The molecule has 1 heterocycles. The summed E-state index contributed by atoms with van der Waals surface area (Å²) in [5, 5.41) is 22.9. The summed E-state index contributed by atoms with van der Waals surface area (Å²) >= 11 is 0. The van der Waals surface area contributed by atoms with E-state index in [9.17, 15) is 13.2 Å². The standard InChI is InChI=1S/C19H27F3N6O2.HI/c1-2-17-27-26-14-28(17)8-6-23-18(24-7-10-30-11-9-29)25-13-15-4-3-5-16(12-15)19(20,21)22;/h3-5,12,14,29H,2,6-11,13H2,1H3,(H2,23,24,25);1H. The summed E-state index contributed by atoms with van der Waals surface area (Å²) in [5.41, 5.74) is -0.246. The van der Waals surface area contributed by atoms with Crippen LogP contribution in [0.2, 0.25) is 0 Å². The zero-order chi connectivity index (χ0) is 21.8. The molecule has 1 aromatic heterocycles. The molecule has 0 saturated carbocycles. The first-order chi connectivity index (χ1) is 14.4. The van der Waals surface area contributed by atoms with E-state index in [-0.39, 0.29) is 43.7 Å². The molecule has 0 radical (unpaired) electrons. The molecule has 0 saturated heterocycles. The van der Waals surface area contributed by atoms with Gasteiger partial charge in [-0.25, -0.2) is 4.99 Å². The molecule has 2 rings (SSSR count). The van der Waals surface area contributed by atoms with E-state index in [1.807, 2.05) is 11.5 Å². The minimum Gasteiger partial charge on any atom is -0.394 e. The van der Waals surface area contributed by atoms with Crippen LogP contribution in [0.1, 0.15) is 23.9 Å². The van der Waals surface area contributed by atoms with Gasteiger partial charge in [-0.2, -0.15) is 13.2 Å². The lowest BCUT2D eigenvalue weighted by Crippen LogP contribution is -2.40. The number of benzene rings is 1. The molecule has 0 unspecified atom stereocenters. The molecule has 3 N–H and O–H groups in total. The quantitative estimate of drug-likeness (QED) is 0.170. The first kappa shape index (κ1) is 27.1. The van der Waals surface area contributed by atoms with Crippen molar-refractivity contribution in [3.63, 3.8) is 0 Å². The normalized spacial score (nSPS) is 11.8. The van der Waals surface area contributed by atoms with Crippen molar-refractivity contribution >= 4 is 29.9 Å². The van der Waals surface area contributed by atoms with Gasteiger partial charge < -0.3 is 25.0 Å². The summed E-state index contributed by atoms with van der Waals surface area (Å²) in [5.74, 6) is 1.32. The van der Waals surface area contributed by atoms with Crippen LogP contribution in [0.5, 0.6) is 0 Å². The number of aromatic nitrogens is 3. The number of aliphatic imine (C=N–C) groups is 1. The van der Waals surface area contributed by atoms with E-state index in [2.05, 4.69) is 25.8 Å². The smallest absolute Gasteiger partial charge is 0.394 e. The van der Waals surface area contributed by atoms with Crippen LogP contribution < -0.4 is 10.6 Å². The molecule has 0 bridgehead atoms. The number of nitrogens with one attached hydrogen (secondary N) is 2. The van der Waals surface area contributed by atoms with Crippen LogP contribution in [0.3, 0.4) is 0 Å². The Balaban J connectivity index is 0.00000480. The molecule has 0 spiro atoms. The topological polar surface area (TPSA) is 96.6 Å². The van der Waals surface area contributed by atoms with Gasteiger partial charge in [-0.1, -0.05) is 19.1 Å². The van der Waals surface area contributed by atoms with Crippen LogP contribution in [-0.4, -0.2) is 58.7 Å². The van der Waals surface area contributed by atoms with Gasteiger partial charge >= 0.3 is 6.18 Å². The Labute approximate surface area is 196 Å². The van der Waals surface area contributed by atoms with E-state index >= 15 is 0 Å². The number of aliphatic hydroxyl groups excluding tert-OH is 1. The van der Waals surface area contributed by atoms with Crippen LogP contribution in [0.25, 0.3) is 0 Å². The second-order valence-corrected chi connectivity index (χ2v) is 6.35. The Morgan fingerprint density at radius 3 is 2.71 bits per heavy atom. The zero-order valence-electron chi connectivity index (χ0n) is 17.2. The van der Waals surface area contributed by atoms with E-state index in [1.165, 1.54) is 6.07 Å². The number of hydrogen-bond acceptors (Lipinski definition) is 5. The number of hydrogen-bond donors (Lipinski definition) is 3. The van der Waals surface area contributed by atoms with Gasteiger partial charge in [-0.3, -0.25) is 0 Å². The summed E-state index contributed by atoms with van der Waals surface area (Å²) < 4.78 is 45.8. The highest BCUT2D eigenvalue weighted by atomic mass is 127. The van der Waals surface area contributed by atoms with Crippen LogP contribution in [-0.2, 0) is 30.4 Å². The summed E-state index contributed by atoms with van der Waals surface area (Å²) in [6, 6.07) is 5.10. The van der Waals surface area contributed by atoms with Crippen LogP contribution >= 0.6 is 24.0 Å². The van der Waals surface area contributed by atoms with E-state index in [1.54, 1.807) is 12.4 Å². The van der Waals surface area contributed by atoms with Crippen molar-refractivity contribution in [2.45, 2.75) is 32.6 Å². The van der Waals surface area contributed by atoms with Gasteiger partial charge in [-0.15, -0.1) is 34.2 Å².